The van der Waals surface area contributed by atoms with Crippen LogP contribution in [0, 0.1) is 0 Å². The highest BCUT2D eigenvalue weighted by atomic mass is 35.5. The smallest absolute Gasteiger partial charge is 0.324 e. The molecule has 140 valence electrons. The van der Waals surface area contributed by atoms with Crippen LogP contribution in [0.25, 0.3) is 0 Å². The fourth-order valence-electron chi connectivity index (χ4n) is 1.71. The van der Waals surface area contributed by atoms with Crippen LogP contribution in [0.2, 0.25) is 5.02 Å². The number of benzene rings is 1. The highest BCUT2D eigenvalue weighted by Crippen LogP contribution is 2.14. The summed E-state index contributed by atoms with van der Waals surface area (Å²) in [6.45, 7) is 3.31. The minimum absolute atomic E-state index is 0.0399. The fourth-order valence-corrected chi connectivity index (χ4v) is 3.03. The summed E-state index contributed by atoms with van der Waals surface area (Å²) in [5.41, 5.74) is 0. The Morgan fingerprint density at radius 3 is 2.36 bits per heavy atom. The van der Waals surface area contributed by atoms with Crippen molar-refractivity contribution in [1.82, 2.24) is 10.0 Å². The van der Waals surface area contributed by atoms with Crippen molar-refractivity contribution in [3.05, 3.63) is 29.3 Å². The zero-order chi connectivity index (χ0) is 19.0. The molecule has 0 unspecified atom stereocenters. The SMILES string of the molecule is COCCNC(=O)[C@@H](C)OC(=O)[C@H](C)NS(=O)(=O)c1ccc(Cl)cc1. The molecule has 10 heteroatoms. The van der Waals surface area contributed by atoms with Crippen molar-refractivity contribution in [3.63, 3.8) is 0 Å². The minimum atomic E-state index is -3.92. The van der Waals surface area contributed by atoms with Crippen LogP contribution in [0.1, 0.15) is 13.8 Å². The molecule has 0 aliphatic carbocycles. The predicted octanol–water partition coefficient (Wildman–Crippen LogP) is 0.701. The normalized spacial score (nSPS) is 13.8. The van der Waals surface area contributed by atoms with Crippen molar-refractivity contribution in [3.8, 4) is 0 Å². The van der Waals surface area contributed by atoms with Gasteiger partial charge in [0.15, 0.2) is 6.10 Å². The van der Waals surface area contributed by atoms with Crippen molar-refractivity contribution in [2.45, 2.75) is 30.9 Å². The summed E-state index contributed by atoms with van der Waals surface area (Å²) in [6.07, 6.45) is -1.06. The maximum Gasteiger partial charge on any atom is 0.324 e. The van der Waals surface area contributed by atoms with Crippen molar-refractivity contribution < 1.29 is 27.5 Å². The summed E-state index contributed by atoms with van der Waals surface area (Å²) in [4.78, 5) is 23.7. The van der Waals surface area contributed by atoms with Crippen LogP contribution < -0.4 is 10.0 Å². The molecule has 8 nitrogen and oxygen atoms in total. The van der Waals surface area contributed by atoms with Gasteiger partial charge in [0.2, 0.25) is 10.0 Å². The third kappa shape index (κ3) is 6.99. The molecule has 0 aliphatic heterocycles. The lowest BCUT2D eigenvalue weighted by molar-refractivity contribution is -0.156. The molecule has 1 rings (SSSR count). The van der Waals surface area contributed by atoms with Crippen LogP contribution in [0.4, 0.5) is 0 Å². The lowest BCUT2D eigenvalue weighted by atomic mass is 10.3. The summed E-state index contributed by atoms with van der Waals surface area (Å²) < 4.78 is 36.3. The van der Waals surface area contributed by atoms with Gasteiger partial charge in [-0.1, -0.05) is 11.6 Å². The molecule has 1 aromatic rings. The van der Waals surface area contributed by atoms with Crippen LogP contribution in [0.3, 0.4) is 0 Å². The Morgan fingerprint density at radius 2 is 1.80 bits per heavy atom. The van der Waals surface area contributed by atoms with Gasteiger partial charge in [0.25, 0.3) is 5.91 Å². The third-order valence-electron chi connectivity index (χ3n) is 3.08. The summed E-state index contributed by atoms with van der Waals surface area (Å²) in [7, 11) is -2.43. The van der Waals surface area contributed by atoms with E-state index in [1.807, 2.05) is 0 Å². The van der Waals surface area contributed by atoms with Gasteiger partial charge < -0.3 is 14.8 Å². The molecule has 25 heavy (non-hydrogen) atoms. The van der Waals surface area contributed by atoms with Crippen LogP contribution in [-0.2, 0) is 29.1 Å². The molecule has 0 spiro atoms. The predicted molar refractivity (Wildman–Crippen MR) is 91.7 cm³/mol. The number of carbonyl (C=O) groups is 2. The van der Waals surface area contributed by atoms with E-state index in [1.165, 1.54) is 45.2 Å². The van der Waals surface area contributed by atoms with Crippen LogP contribution in [-0.4, -0.2) is 52.7 Å². The second-order valence-electron chi connectivity index (χ2n) is 5.16. The van der Waals surface area contributed by atoms with E-state index in [9.17, 15) is 18.0 Å². The van der Waals surface area contributed by atoms with Crippen molar-refractivity contribution >= 4 is 33.5 Å². The van der Waals surface area contributed by atoms with Crippen LogP contribution >= 0.6 is 11.6 Å². The minimum Gasteiger partial charge on any atom is -0.451 e. The maximum atomic E-state index is 12.2. The molecule has 0 saturated heterocycles. The first-order chi connectivity index (χ1) is 11.7. The highest BCUT2D eigenvalue weighted by Gasteiger charge is 2.26. The van der Waals surface area contributed by atoms with Crippen LogP contribution in [0.15, 0.2) is 29.2 Å². The van der Waals surface area contributed by atoms with E-state index in [2.05, 4.69) is 10.0 Å². The molecule has 2 atom stereocenters. The number of methoxy groups -OCH3 is 1. The number of hydrogen-bond acceptors (Lipinski definition) is 6. The topological polar surface area (TPSA) is 111 Å². The average molecular weight is 393 g/mol. The summed E-state index contributed by atoms with van der Waals surface area (Å²) in [6, 6.07) is 4.30. The number of hydrogen-bond donors (Lipinski definition) is 2. The van der Waals surface area contributed by atoms with Gasteiger partial charge in [0.05, 0.1) is 11.5 Å². The Morgan fingerprint density at radius 1 is 1.20 bits per heavy atom. The van der Waals surface area contributed by atoms with E-state index in [0.29, 0.717) is 11.6 Å². The summed E-state index contributed by atoms with van der Waals surface area (Å²) in [5.74, 6) is -1.37. The Hall–Kier alpha value is -1.68. The first-order valence-corrected chi connectivity index (χ1v) is 9.28. The number of nitrogens with one attached hydrogen (secondary N) is 2. The average Bonchev–Trinajstić information content (AvgIpc) is 2.54. The van der Waals surface area contributed by atoms with Gasteiger partial charge in [-0.15, -0.1) is 0 Å². The number of esters is 1. The molecule has 0 bridgehead atoms. The van der Waals surface area contributed by atoms with Crippen molar-refractivity contribution in [1.29, 1.82) is 0 Å². The van der Waals surface area contributed by atoms with Crippen molar-refractivity contribution in [2.75, 3.05) is 20.3 Å². The zero-order valence-corrected chi connectivity index (χ0v) is 15.7. The van der Waals surface area contributed by atoms with Gasteiger partial charge in [0.1, 0.15) is 6.04 Å². The maximum absolute atomic E-state index is 12.2. The van der Waals surface area contributed by atoms with Gasteiger partial charge in [-0.25, -0.2) is 8.42 Å². The summed E-state index contributed by atoms with van der Waals surface area (Å²) >= 11 is 5.72. The second kappa shape index (κ2) is 9.71. The van der Waals surface area contributed by atoms with E-state index < -0.39 is 34.0 Å². The number of ether oxygens (including phenoxy) is 2. The zero-order valence-electron chi connectivity index (χ0n) is 14.1. The second-order valence-corrected chi connectivity index (χ2v) is 7.31. The molecular formula is C15H21ClN2O6S. The highest BCUT2D eigenvalue weighted by molar-refractivity contribution is 7.89. The standard InChI is InChI=1S/C15H21ClN2O6S/c1-10(15(20)24-11(2)14(19)17-8-9-23-3)18-25(21,22)13-6-4-12(16)5-7-13/h4-7,10-11,18H,8-9H2,1-3H3,(H,17,19)/t10-,11+/m0/s1. The van der Waals surface area contributed by atoms with E-state index in [-0.39, 0.29) is 11.4 Å². The molecule has 0 aromatic heterocycles. The molecule has 0 fully saturated rings. The van der Waals surface area contributed by atoms with Gasteiger partial charge in [-0.2, -0.15) is 4.72 Å². The molecule has 0 heterocycles. The molecule has 0 radical (unpaired) electrons. The fraction of sp³-hybridized carbons (Fsp3) is 0.467. The Bertz CT molecular complexity index is 692. The first-order valence-electron chi connectivity index (χ1n) is 7.42. The van der Waals surface area contributed by atoms with Gasteiger partial charge in [-0.3, -0.25) is 9.59 Å². The Labute approximate surface area is 151 Å². The quantitative estimate of drug-likeness (QED) is 0.472. The Balaban J connectivity index is 2.61. The van der Waals surface area contributed by atoms with Crippen LogP contribution in [0.5, 0.6) is 0 Å². The van der Waals surface area contributed by atoms with Crippen molar-refractivity contribution in [2.24, 2.45) is 0 Å². The van der Waals surface area contributed by atoms with E-state index in [4.69, 9.17) is 21.1 Å². The van der Waals surface area contributed by atoms with E-state index in [0.717, 1.165) is 0 Å². The first kappa shape index (κ1) is 21.4. The third-order valence-corrected chi connectivity index (χ3v) is 4.89. The van der Waals surface area contributed by atoms with Gasteiger partial charge >= 0.3 is 5.97 Å². The summed E-state index contributed by atoms with van der Waals surface area (Å²) in [5, 5.41) is 2.90. The largest absolute Gasteiger partial charge is 0.451 e. The van der Waals surface area contributed by atoms with E-state index >= 15 is 0 Å². The number of halogens is 1. The number of sulfonamides is 1. The molecule has 0 aliphatic rings. The lowest BCUT2D eigenvalue weighted by Gasteiger charge is -2.17. The molecular weight excluding hydrogens is 372 g/mol. The number of carbonyl (C=O) groups excluding carboxylic acids is 2. The Kier molecular flexibility index (Phi) is 8.30. The molecule has 2 N–H and O–H groups in total. The van der Waals surface area contributed by atoms with E-state index in [1.54, 1.807) is 0 Å². The van der Waals surface area contributed by atoms with Gasteiger partial charge in [0, 0.05) is 18.7 Å². The van der Waals surface area contributed by atoms with Gasteiger partial charge in [-0.05, 0) is 38.1 Å². The monoisotopic (exact) mass is 392 g/mol. The molecule has 0 saturated carbocycles. The molecule has 1 amide bonds. The number of rotatable bonds is 9. The molecule has 1 aromatic carbocycles. The lowest BCUT2D eigenvalue weighted by Crippen LogP contribution is -2.43. The number of amides is 1.